The molecule has 4 rings (SSSR count). The molecule has 0 radical (unpaired) electrons. The zero-order valence-electron chi connectivity index (χ0n) is 14.8. The Morgan fingerprint density at radius 3 is 2.21 bits per heavy atom. The molecule has 0 aromatic heterocycles. The molecule has 3 aromatic rings. The number of halogens is 2. The molecule has 0 aliphatic carbocycles. The van der Waals surface area contributed by atoms with Crippen molar-refractivity contribution >= 4 is 23.1 Å². The van der Waals surface area contributed by atoms with Gasteiger partial charge < -0.3 is 10.0 Å². The lowest BCUT2D eigenvalue weighted by Gasteiger charge is -2.27. The van der Waals surface area contributed by atoms with Gasteiger partial charge >= 0.3 is 0 Å². The molecule has 1 unspecified atom stereocenters. The van der Waals surface area contributed by atoms with Crippen LogP contribution in [0.1, 0.15) is 22.7 Å². The second-order valence-corrected chi connectivity index (χ2v) is 7.08. The van der Waals surface area contributed by atoms with Gasteiger partial charge in [0.2, 0.25) is 0 Å². The molecule has 28 heavy (non-hydrogen) atoms. The molecule has 0 saturated carbocycles. The van der Waals surface area contributed by atoms with Gasteiger partial charge in [-0.1, -0.05) is 66.2 Å². The van der Waals surface area contributed by atoms with Crippen molar-refractivity contribution in [2.24, 2.45) is 0 Å². The van der Waals surface area contributed by atoms with Gasteiger partial charge in [-0.25, -0.2) is 4.39 Å². The number of nitrogens with zero attached hydrogens (tertiary/aromatic N) is 1. The first-order valence-electron chi connectivity index (χ1n) is 8.84. The molecule has 5 heteroatoms. The summed E-state index contributed by atoms with van der Waals surface area (Å²) in [5, 5.41) is 11.3. The quantitative estimate of drug-likeness (QED) is 0.633. The summed E-state index contributed by atoms with van der Waals surface area (Å²) >= 11 is 6.03. The predicted molar refractivity (Wildman–Crippen MR) is 107 cm³/mol. The fraction of sp³-hybridized carbons (Fsp3) is 0.0870. The third kappa shape index (κ3) is 3.39. The molecule has 1 amide bonds. The van der Waals surface area contributed by atoms with Crippen LogP contribution in [0.25, 0.3) is 5.57 Å². The Kier molecular flexibility index (Phi) is 4.88. The summed E-state index contributed by atoms with van der Waals surface area (Å²) in [4.78, 5) is 14.5. The number of aliphatic hydroxyl groups is 1. The Bertz CT molecular complexity index is 1030. The average Bonchev–Trinajstić information content (AvgIpc) is 2.96. The van der Waals surface area contributed by atoms with E-state index in [9.17, 15) is 14.3 Å². The first-order valence-corrected chi connectivity index (χ1v) is 9.22. The Balaban J connectivity index is 1.80. The Hall–Kier alpha value is -3.11. The number of carbonyl (C=O) groups excluding carboxylic acids is 1. The summed E-state index contributed by atoms with van der Waals surface area (Å²) in [5.41, 5.74) is 2.93. The fourth-order valence-corrected chi connectivity index (χ4v) is 3.63. The maximum Gasteiger partial charge on any atom is 0.290 e. The molecule has 1 atom stereocenters. The number of carbonyl (C=O) groups is 1. The smallest absolute Gasteiger partial charge is 0.290 e. The number of hydrogen-bond donors (Lipinski definition) is 1. The number of amides is 1. The van der Waals surface area contributed by atoms with Crippen LogP contribution in [0.3, 0.4) is 0 Å². The summed E-state index contributed by atoms with van der Waals surface area (Å²) in [6, 6.07) is 22.1. The second kappa shape index (κ2) is 7.49. The van der Waals surface area contributed by atoms with E-state index in [0.717, 1.165) is 16.7 Å². The fourth-order valence-electron chi connectivity index (χ4n) is 3.51. The molecule has 0 bridgehead atoms. The van der Waals surface area contributed by atoms with Crippen molar-refractivity contribution in [3.8, 4) is 0 Å². The van der Waals surface area contributed by atoms with Crippen molar-refractivity contribution in [1.29, 1.82) is 0 Å². The third-order valence-electron chi connectivity index (χ3n) is 4.84. The molecule has 0 fully saturated rings. The summed E-state index contributed by atoms with van der Waals surface area (Å²) in [7, 11) is 0. The van der Waals surface area contributed by atoms with Crippen molar-refractivity contribution in [2.45, 2.75) is 12.6 Å². The number of hydrogen-bond acceptors (Lipinski definition) is 2. The molecular formula is C23H17ClFNO2. The number of benzene rings is 3. The summed E-state index contributed by atoms with van der Waals surface area (Å²) < 4.78 is 13.3. The van der Waals surface area contributed by atoms with E-state index < -0.39 is 11.9 Å². The first kappa shape index (κ1) is 18.3. The van der Waals surface area contributed by atoms with Gasteiger partial charge in [0.05, 0.1) is 6.04 Å². The molecule has 1 heterocycles. The van der Waals surface area contributed by atoms with Gasteiger partial charge in [0.15, 0.2) is 5.76 Å². The van der Waals surface area contributed by atoms with E-state index in [-0.39, 0.29) is 18.1 Å². The highest BCUT2D eigenvalue weighted by Crippen LogP contribution is 2.43. The lowest BCUT2D eigenvalue weighted by molar-refractivity contribution is -0.130. The van der Waals surface area contributed by atoms with Crippen molar-refractivity contribution in [3.63, 3.8) is 0 Å². The lowest BCUT2D eigenvalue weighted by atomic mass is 9.93. The predicted octanol–water partition coefficient (Wildman–Crippen LogP) is 5.53. The van der Waals surface area contributed by atoms with Crippen LogP contribution in [0, 0.1) is 5.82 Å². The third-order valence-corrected chi connectivity index (χ3v) is 5.09. The molecule has 0 saturated heterocycles. The van der Waals surface area contributed by atoms with Gasteiger partial charge in [-0.05, 0) is 41.0 Å². The molecule has 0 spiro atoms. The van der Waals surface area contributed by atoms with Crippen LogP contribution in [0.4, 0.5) is 4.39 Å². The van der Waals surface area contributed by atoms with Gasteiger partial charge in [-0.3, -0.25) is 4.79 Å². The Morgan fingerprint density at radius 1 is 0.929 bits per heavy atom. The maximum atomic E-state index is 13.3. The van der Waals surface area contributed by atoms with E-state index in [1.54, 1.807) is 29.2 Å². The Morgan fingerprint density at radius 2 is 1.57 bits per heavy atom. The van der Waals surface area contributed by atoms with E-state index in [0.29, 0.717) is 10.6 Å². The normalized spacial score (nSPS) is 16.7. The van der Waals surface area contributed by atoms with Crippen LogP contribution in [-0.2, 0) is 11.3 Å². The molecule has 1 aliphatic heterocycles. The molecule has 1 aliphatic rings. The Labute approximate surface area is 167 Å². The van der Waals surface area contributed by atoms with Crippen LogP contribution in [0.5, 0.6) is 0 Å². The highest BCUT2D eigenvalue weighted by Gasteiger charge is 2.40. The summed E-state index contributed by atoms with van der Waals surface area (Å²) in [6.45, 7) is 0.243. The molecule has 3 nitrogen and oxygen atoms in total. The zero-order chi connectivity index (χ0) is 19.7. The molecule has 140 valence electrons. The number of aliphatic hydroxyl groups excluding tert-OH is 1. The van der Waals surface area contributed by atoms with E-state index in [4.69, 9.17) is 11.6 Å². The summed E-state index contributed by atoms with van der Waals surface area (Å²) in [5.74, 6) is -1.06. The minimum Gasteiger partial charge on any atom is -0.503 e. The molecule has 1 N–H and O–H groups in total. The topological polar surface area (TPSA) is 40.5 Å². The van der Waals surface area contributed by atoms with Crippen LogP contribution >= 0.6 is 11.6 Å². The standard InChI is InChI=1S/C23H17ClFNO2/c24-18-10-8-17(9-11-18)21-20(16-4-2-1-3-5-16)22(27)23(28)26(21)14-15-6-12-19(25)13-7-15/h1-13,21,27H,14H2. The van der Waals surface area contributed by atoms with E-state index in [2.05, 4.69) is 0 Å². The van der Waals surface area contributed by atoms with Crippen molar-refractivity contribution in [1.82, 2.24) is 4.90 Å². The monoisotopic (exact) mass is 393 g/mol. The van der Waals surface area contributed by atoms with Gasteiger partial charge in [0.25, 0.3) is 5.91 Å². The maximum absolute atomic E-state index is 13.3. The van der Waals surface area contributed by atoms with E-state index in [1.807, 2.05) is 42.5 Å². The average molecular weight is 394 g/mol. The van der Waals surface area contributed by atoms with E-state index >= 15 is 0 Å². The van der Waals surface area contributed by atoms with Crippen LogP contribution in [0.2, 0.25) is 5.02 Å². The van der Waals surface area contributed by atoms with Gasteiger partial charge in [0, 0.05) is 17.1 Å². The highest BCUT2D eigenvalue weighted by molar-refractivity contribution is 6.30. The van der Waals surface area contributed by atoms with Crippen molar-refractivity contribution < 1.29 is 14.3 Å². The van der Waals surface area contributed by atoms with Gasteiger partial charge in [-0.2, -0.15) is 0 Å². The van der Waals surface area contributed by atoms with Crippen molar-refractivity contribution in [3.05, 3.63) is 112 Å². The van der Waals surface area contributed by atoms with Crippen LogP contribution in [-0.4, -0.2) is 15.9 Å². The van der Waals surface area contributed by atoms with Gasteiger partial charge in [0.1, 0.15) is 5.82 Å². The minimum absolute atomic E-state index is 0.243. The van der Waals surface area contributed by atoms with Crippen LogP contribution in [0.15, 0.2) is 84.6 Å². The SMILES string of the molecule is O=C1C(O)=C(c2ccccc2)C(c2ccc(Cl)cc2)N1Cc1ccc(F)cc1. The first-order chi connectivity index (χ1) is 13.5. The number of rotatable bonds is 4. The molecule has 3 aromatic carbocycles. The van der Waals surface area contributed by atoms with E-state index in [1.165, 1.54) is 12.1 Å². The van der Waals surface area contributed by atoms with Gasteiger partial charge in [-0.15, -0.1) is 0 Å². The summed E-state index contributed by atoms with van der Waals surface area (Å²) in [6.07, 6.45) is 0. The second-order valence-electron chi connectivity index (χ2n) is 6.64. The highest BCUT2D eigenvalue weighted by atomic mass is 35.5. The van der Waals surface area contributed by atoms with Crippen LogP contribution < -0.4 is 0 Å². The molecular weight excluding hydrogens is 377 g/mol. The minimum atomic E-state index is -0.475. The zero-order valence-corrected chi connectivity index (χ0v) is 15.6. The largest absolute Gasteiger partial charge is 0.503 e. The lowest BCUT2D eigenvalue weighted by Crippen LogP contribution is -2.29. The van der Waals surface area contributed by atoms with Crippen molar-refractivity contribution in [2.75, 3.05) is 0 Å².